The van der Waals surface area contributed by atoms with Crippen molar-refractivity contribution in [1.29, 1.82) is 0 Å². The molecule has 97 heavy (non-hydrogen) atoms. The van der Waals surface area contributed by atoms with Crippen LogP contribution < -0.4 is 5.73 Å². The fourth-order valence-corrected chi connectivity index (χ4v) is 8.59. The van der Waals surface area contributed by atoms with Gasteiger partial charge in [-0.15, -0.1) is 0 Å². The average Bonchev–Trinajstić information content (AvgIpc) is 0.804. The summed E-state index contributed by atoms with van der Waals surface area (Å²) in [6, 6.07) is -0.690. The molecule has 552 valence electrons. The molecular formula is C62H95NO34. The molecule has 0 aromatic rings. The van der Waals surface area contributed by atoms with Gasteiger partial charge in [0.15, 0.2) is 47.9 Å². The van der Waals surface area contributed by atoms with Gasteiger partial charge in [0.1, 0.15) is 63.7 Å². The van der Waals surface area contributed by atoms with Crippen molar-refractivity contribution in [2.45, 2.75) is 198 Å². The van der Waals surface area contributed by atoms with Gasteiger partial charge in [-0.1, -0.05) is 55.4 Å². The zero-order valence-corrected chi connectivity index (χ0v) is 57.9. The molecule has 0 radical (unpaired) electrons. The van der Waals surface area contributed by atoms with Crippen molar-refractivity contribution >= 4 is 109 Å². The molecule has 1 heterocycles. The molecule has 0 saturated carbocycles. The Labute approximate surface area is 561 Å². The number of ether oxygens (including phenoxy) is 15. The molecule has 1 rings (SSSR count). The molecule has 0 spiro atoms. The molecule has 1 fully saturated rings. The number of ketones is 4. The molecule has 1 saturated heterocycles. The molecule has 35 heteroatoms. The van der Waals surface area contributed by atoms with Crippen LogP contribution in [0.2, 0.25) is 0 Å². The Morgan fingerprint density at radius 1 is 0.392 bits per heavy atom. The molecular weight excluding hydrogens is 1300 g/mol. The number of hydrogen-bond donors (Lipinski definition) is 2. The zero-order chi connectivity index (χ0) is 75.6. The van der Waals surface area contributed by atoms with Crippen molar-refractivity contribution in [2.24, 2.45) is 47.2 Å². The Kier molecular flexibility index (Phi) is 47.2. The van der Waals surface area contributed by atoms with Gasteiger partial charge in [0.25, 0.3) is 25.9 Å². The van der Waals surface area contributed by atoms with Gasteiger partial charge in [-0.3, -0.25) is 86.3 Å². The number of carbonyl (C=O) groups excluding carboxylic acids is 18. The first-order valence-electron chi connectivity index (χ1n) is 30.1. The molecule has 0 amide bonds. The predicted octanol–water partition coefficient (Wildman–Crippen LogP) is 0.444. The van der Waals surface area contributed by atoms with E-state index in [4.69, 9.17) is 81.9 Å². The van der Waals surface area contributed by atoms with E-state index in [0.29, 0.717) is 0 Å². The van der Waals surface area contributed by atoms with Gasteiger partial charge in [0.2, 0.25) is 12.2 Å². The third-order valence-corrected chi connectivity index (χ3v) is 12.8. The minimum atomic E-state index is -1.62. The maximum atomic E-state index is 12.7. The number of rotatable bonds is 40. The minimum absolute atomic E-state index is 0.0767. The van der Waals surface area contributed by atoms with E-state index in [-0.39, 0.29) is 75.5 Å². The summed E-state index contributed by atoms with van der Waals surface area (Å²) in [5.41, 5.74) is 5.22. The van der Waals surface area contributed by atoms with Gasteiger partial charge in [-0.25, -0.2) is 0 Å². The van der Waals surface area contributed by atoms with Crippen LogP contribution in [-0.2, 0) is 157 Å². The number of carbonyl (C=O) groups is 18. The average molecular weight is 1400 g/mol. The molecule has 0 aliphatic carbocycles. The van der Waals surface area contributed by atoms with Crippen molar-refractivity contribution in [2.75, 3.05) is 46.2 Å². The molecule has 3 N–H and O–H groups in total. The summed E-state index contributed by atoms with van der Waals surface area (Å²) in [5.74, 6) is -13.7. The van der Waals surface area contributed by atoms with E-state index >= 15 is 0 Å². The van der Waals surface area contributed by atoms with Gasteiger partial charge in [0.05, 0.1) is 30.4 Å². The van der Waals surface area contributed by atoms with Crippen LogP contribution in [0.3, 0.4) is 0 Å². The van der Waals surface area contributed by atoms with E-state index in [1.54, 1.807) is 27.7 Å². The number of nitrogens with two attached hydrogens (primary N) is 1. The van der Waals surface area contributed by atoms with Gasteiger partial charge >= 0.3 is 59.7 Å². The van der Waals surface area contributed by atoms with Crippen LogP contribution in [0.1, 0.15) is 131 Å². The highest BCUT2D eigenvalue weighted by Gasteiger charge is 2.52. The Bertz CT molecular complexity index is 2490. The van der Waals surface area contributed by atoms with E-state index in [1.807, 2.05) is 0 Å². The zero-order valence-electron chi connectivity index (χ0n) is 57.9. The van der Waals surface area contributed by atoms with Crippen molar-refractivity contribution < 1.29 is 162 Å². The highest BCUT2D eigenvalue weighted by atomic mass is 16.7. The third kappa shape index (κ3) is 39.1. The first-order valence-corrected chi connectivity index (χ1v) is 30.1. The summed E-state index contributed by atoms with van der Waals surface area (Å²) in [4.78, 5) is 207. The summed E-state index contributed by atoms with van der Waals surface area (Å²) in [5, 5.41) is 8.41. The number of Topliss-reactive ketones (excluding diaryl/α,β-unsaturated/α-hetero) is 4. The maximum absolute atomic E-state index is 12.7. The first kappa shape index (κ1) is 92.3. The second-order valence-corrected chi connectivity index (χ2v) is 22.5. The van der Waals surface area contributed by atoms with E-state index in [1.165, 1.54) is 41.5 Å². The normalized spacial score (nSPS) is 18.0. The monoisotopic (exact) mass is 1400 g/mol. The van der Waals surface area contributed by atoms with E-state index in [9.17, 15) is 86.3 Å². The number of hydrogen-bond acceptors (Lipinski definition) is 35. The summed E-state index contributed by atoms with van der Waals surface area (Å²) < 4.78 is 76.5. The summed E-state index contributed by atoms with van der Waals surface area (Å²) >= 11 is 0. The standard InChI is InChI=1S/2C19H28O11.C18H26O10.C6H13NO2/c2*1-10(2)16(25)18(29-13(5)23)19(30-14(6)24)17(28-12(4)22)15(7-26-9-20)8-27-11(3)21;1-10(2)14(23)5-15-18(27-12(4)22)17(26-11(3)21)13(6-24-8-19)16(28-15)7-25-9-20;1-4(2)6(9)5(7)3-8/h2*9-10,15,17-19H,7-8H2,1-6H3;8-10,13,15-18H,5-7H2,1-4H3;4-5,8H,3,7H2,1-2H3/t;;13-,15?,16?,17+,18+;/m..1./s1. The second kappa shape index (κ2) is 49.6. The maximum Gasteiger partial charge on any atom is 0.303 e. The van der Waals surface area contributed by atoms with Crippen LogP contribution in [0.25, 0.3) is 0 Å². The fraction of sp³-hybridized carbons (Fsp3) is 0.710. The highest BCUT2D eigenvalue weighted by molar-refractivity contribution is 5.89. The predicted molar refractivity (Wildman–Crippen MR) is 324 cm³/mol. The van der Waals surface area contributed by atoms with Crippen LogP contribution in [0.4, 0.5) is 0 Å². The van der Waals surface area contributed by atoms with Crippen LogP contribution in [-0.4, -0.2) is 227 Å². The Hall–Kier alpha value is -8.86. The molecule has 14 atom stereocenters. The molecule has 0 aromatic heterocycles. The molecule has 0 bridgehead atoms. The van der Waals surface area contributed by atoms with Crippen molar-refractivity contribution in [1.82, 2.24) is 0 Å². The summed E-state index contributed by atoms with van der Waals surface area (Å²) in [6.07, 6.45) is -13.4. The molecule has 1 aliphatic heterocycles. The van der Waals surface area contributed by atoms with E-state index < -0.39 is 194 Å². The van der Waals surface area contributed by atoms with Crippen molar-refractivity contribution in [3.8, 4) is 0 Å². The fourth-order valence-electron chi connectivity index (χ4n) is 8.59. The number of aliphatic hydroxyl groups is 1. The Morgan fingerprint density at radius 3 is 1.00 bits per heavy atom. The quantitative estimate of drug-likeness (QED) is 0.0477. The first-order chi connectivity index (χ1) is 45.1. The lowest BCUT2D eigenvalue weighted by molar-refractivity contribution is -0.237. The minimum Gasteiger partial charge on any atom is -0.467 e. The largest absolute Gasteiger partial charge is 0.467 e. The third-order valence-electron chi connectivity index (χ3n) is 12.8. The molecule has 35 nitrogen and oxygen atoms in total. The Morgan fingerprint density at radius 2 is 0.722 bits per heavy atom. The lowest BCUT2D eigenvalue weighted by atomic mass is 9.84. The topological polar surface area (TPSA) is 492 Å². The number of esters is 10. The molecule has 0 aromatic carbocycles. The van der Waals surface area contributed by atoms with Gasteiger partial charge in [-0.05, 0) is 0 Å². The van der Waals surface area contributed by atoms with Crippen molar-refractivity contribution in [3.05, 3.63) is 0 Å². The van der Waals surface area contributed by atoms with Gasteiger partial charge in [0, 0.05) is 99.3 Å². The summed E-state index contributed by atoms with van der Waals surface area (Å²) in [6.45, 7) is 22.4. The highest BCUT2D eigenvalue weighted by Crippen LogP contribution is 2.34. The SMILES string of the molecule is CC(=O)OCC(COC=O)C(OC(C)=O)C(OC(C)=O)C(OC(C)=O)C(=O)C(C)C.CC(=O)OCC(COC=O)C(OC(C)=O)C(OC(C)=O)C(OC(C)=O)C(=O)C(C)C.CC(=O)O[C@H]1[C@H](COC=O)C(COC=O)OC(CC(=O)C(C)C)[C@@H]1OC(C)=O.CC(C)C(=O)C(N)CO. The lowest BCUT2D eigenvalue weighted by Gasteiger charge is -2.44. The molecule has 11 unspecified atom stereocenters. The second-order valence-electron chi connectivity index (χ2n) is 22.5. The number of aliphatic hydroxyl groups excluding tert-OH is 1. The van der Waals surface area contributed by atoms with Gasteiger partial charge < -0.3 is 81.9 Å². The summed E-state index contributed by atoms with van der Waals surface area (Å²) in [7, 11) is 0. The van der Waals surface area contributed by atoms with Crippen LogP contribution >= 0.6 is 0 Å². The van der Waals surface area contributed by atoms with Crippen LogP contribution in [0, 0.1) is 41.4 Å². The van der Waals surface area contributed by atoms with E-state index in [0.717, 1.165) is 55.4 Å². The van der Waals surface area contributed by atoms with Crippen LogP contribution in [0.5, 0.6) is 0 Å². The van der Waals surface area contributed by atoms with Crippen LogP contribution in [0.15, 0.2) is 0 Å². The lowest BCUT2D eigenvalue weighted by Crippen LogP contribution is -2.60. The van der Waals surface area contributed by atoms with E-state index in [2.05, 4.69) is 0 Å². The van der Waals surface area contributed by atoms with Gasteiger partial charge in [-0.2, -0.15) is 0 Å². The molecule has 1 aliphatic rings. The smallest absolute Gasteiger partial charge is 0.303 e. The van der Waals surface area contributed by atoms with Crippen molar-refractivity contribution in [3.63, 3.8) is 0 Å². The Balaban J connectivity index is -0.00000128.